The monoisotopic (exact) mass is 237 g/mol. The standard InChI is InChI=1S/C16H15NO/c1-2-13-11-18-12-16(13)15(9-6-10-17)14-7-4-3-5-8-14/h2-9,13H,1,11-12H2/b9-6+,16-15+. The van der Waals surface area contributed by atoms with Gasteiger partial charge in [-0.1, -0.05) is 36.4 Å². The highest BCUT2D eigenvalue weighted by molar-refractivity contribution is 5.78. The Bertz CT molecular complexity index is 520. The van der Waals surface area contributed by atoms with Crippen molar-refractivity contribution in [2.75, 3.05) is 13.2 Å². The first-order valence-corrected chi connectivity index (χ1v) is 5.91. The molecule has 2 heteroatoms. The van der Waals surface area contributed by atoms with Crippen LogP contribution in [0.5, 0.6) is 0 Å². The molecule has 0 radical (unpaired) electrons. The molecular formula is C16H15NO. The largest absolute Gasteiger partial charge is 0.376 e. The van der Waals surface area contributed by atoms with E-state index < -0.39 is 0 Å². The average molecular weight is 237 g/mol. The highest BCUT2D eigenvalue weighted by Crippen LogP contribution is 2.30. The lowest BCUT2D eigenvalue weighted by atomic mass is 9.92. The number of hydrogen-bond acceptors (Lipinski definition) is 2. The number of rotatable bonds is 3. The van der Waals surface area contributed by atoms with E-state index in [4.69, 9.17) is 10.00 Å². The molecule has 2 rings (SSSR count). The first-order chi connectivity index (χ1) is 8.86. The summed E-state index contributed by atoms with van der Waals surface area (Å²) in [6.45, 7) is 5.13. The molecule has 1 aromatic rings. The van der Waals surface area contributed by atoms with Gasteiger partial charge in [0.1, 0.15) is 0 Å². The quantitative estimate of drug-likeness (QED) is 0.596. The molecule has 18 heavy (non-hydrogen) atoms. The van der Waals surface area contributed by atoms with Gasteiger partial charge in [-0.05, 0) is 22.8 Å². The van der Waals surface area contributed by atoms with Crippen LogP contribution in [0, 0.1) is 17.2 Å². The van der Waals surface area contributed by atoms with Gasteiger partial charge in [0.25, 0.3) is 0 Å². The van der Waals surface area contributed by atoms with E-state index in [1.807, 2.05) is 48.6 Å². The van der Waals surface area contributed by atoms with Crippen molar-refractivity contribution in [2.24, 2.45) is 5.92 Å². The first-order valence-electron chi connectivity index (χ1n) is 5.91. The van der Waals surface area contributed by atoms with Gasteiger partial charge < -0.3 is 4.74 Å². The first kappa shape index (κ1) is 12.3. The van der Waals surface area contributed by atoms with Crippen LogP contribution in [0.3, 0.4) is 0 Å². The van der Waals surface area contributed by atoms with Crippen LogP contribution in [0.25, 0.3) is 5.57 Å². The maximum Gasteiger partial charge on any atom is 0.0912 e. The molecule has 0 aliphatic carbocycles. The Morgan fingerprint density at radius 2 is 2.17 bits per heavy atom. The van der Waals surface area contributed by atoms with E-state index in [0.717, 1.165) is 11.1 Å². The Hall–Kier alpha value is -2.11. The van der Waals surface area contributed by atoms with Crippen LogP contribution >= 0.6 is 0 Å². The Morgan fingerprint density at radius 1 is 1.39 bits per heavy atom. The van der Waals surface area contributed by atoms with Crippen molar-refractivity contribution in [1.82, 2.24) is 0 Å². The van der Waals surface area contributed by atoms with E-state index in [-0.39, 0.29) is 5.92 Å². The van der Waals surface area contributed by atoms with Gasteiger partial charge in [-0.3, -0.25) is 0 Å². The van der Waals surface area contributed by atoms with E-state index in [0.29, 0.717) is 13.2 Å². The maximum atomic E-state index is 8.72. The predicted molar refractivity (Wildman–Crippen MR) is 72.6 cm³/mol. The number of ether oxygens (including phenoxy) is 1. The molecule has 1 atom stereocenters. The van der Waals surface area contributed by atoms with Crippen molar-refractivity contribution in [3.63, 3.8) is 0 Å². The smallest absolute Gasteiger partial charge is 0.0912 e. The molecule has 0 saturated carbocycles. The van der Waals surface area contributed by atoms with Crippen molar-refractivity contribution >= 4 is 5.57 Å². The Morgan fingerprint density at radius 3 is 2.83 bits per heavy atom. The lowest BCUT2D eigenvalue weighted by Gasteiger charge is -2.10. The summed E-state index contributed by atoms with van der Waals surface area (Å²) in [6.07, 6.45) is 5.27. The van der Waals surface area contributed by atoms with Crippen LogP contribution in [0.1, 0.15) is 5.56 Å². The SMILES string of the molecule is C=CC1COC/C1=C(/C=C/C#N)c1ccccc1. The summed E-state index contributed by atoms with van der Waals surface area (Å²) in [7, 11) is 0. The number of hydrogen-bond donors (Lipinski definition) is 0. The molecule has 0 bridgehead atoms. The third-order valence-corrected chi connectivity index (χ3v) is 3.04. The highest BCUT2D eigenvalue weighted by atomic mass is 16.5. The van der Waals surface area contributed by atoms with Crippen LogP contribution in [-0.4, -0.2) is 13.2 Å². The fraction of sp³-hybridized carbons (Fsp3) is 0.188. The number of nitriles is 1. The van der Waals surface area contributed by atoms with Crippen LogP contribution in [0.15, 0.2) is 60.7 Å². The minimum absolute atomic E-state index is 0.239. The van der Waals surface area contributed by atoms with Gasteiger partial charge in [-0.2, -0.15) is 5.26 Å². The van der Waals surface area contributed by atoms with E-state index in [2.05, 4.69) is 6.58 Å². The van der Waals surface area contributed by atoms with E-state index >= 15 is 0 Å². The van der Waals surface area contributed by atoms with Gasteiger partial charge in [-0.15, -0.1) is 6.58 Å². The molecule has 0 spiro atoms. The number of nitrogens with zero attached hydrogens (tertiary/aromatic N) is 1. The zero-order chi connectivity index (χ0) is 12.8. The minimum atomic E-state index is 0.239. The molecule has 1 fully saturated rings. The van der Waals surface area contributed by atoms with Crippen molar-refractivity contribution in [3.05, 3.63) is 66.3 Å². The highest BCUT2D eigenvalue weighted by Gasteiger charge is 2.22. The van der Waals surface area contributed by atoms with E-state index in [1.165, 1.54) is 11.6 Å². The normalized spacial score (nSPS) is 21.8. The summed E-state index contributed by atoms with van der Waals surface area (Å²) >= 11 is 0. The Kier molecular flexibility index (Phi) is 4.11. The molecule has 1 saturated heterocycles. The molecule has 0 N–H and O–H groups in total. The van der Waals surface area contributed by atoms with Crippen molar-refractivity contribution in [2.45, 2.75) is 0 Å². The second-order valence-corrected chi connectivity index (χ2v) is 4.12. The fourth-order valence-corrected chi connectivity index (χ4v) is 2.12. The number of allylic oxidation sites excluding steroid dienone is 3. The molecule has 2 nitrogen and oxygen atoms in total. The van der Waals surface area contributed by atoms with Gasteiger partial charge in [-0.25, -0.2) is 0 Å². The van der Waals surface area contributed by atoms with Crippen LogP contribution < -0.4 is 0 Å². The molecular weight excluding hydrogens is 222 g/mol. The Labute approximate surface area is 108 Å². The fourth-order valence-electron chi connectivity index (χ4n) is 2.12. The van der Waals surface area contributed by atoms with Gasteiger partial charge in [0.05, 0.1) is 19.3 Å². The predicted octanol–water partition coefficient (Wildman–Crippen LogP) is 3.35. The van der Waals surface area contributed by atoms with Gasteiger partial charge in [0.2, 0.25) is 0 Å². The zero-order valence-electron chi connectivity index (χ0n) is 10.2. The summed E-state index contributed by atoms with van der Waals surface area (Å²) in [5.74, 6) is 0.239. The van der Waals surface area contributed by atoms with Gasteiger partial charge >= 0.3 is 0 Å². The third-order valence-electron chi connectivity index (χ3n) is 3.04. The topological polar surface area (TPSA) is 33.0 Å². The van der Waals surface area contributed by atoms with Gasteiger partial charge in [0, 0.05) is 12.0 Å². The molecule has 0 amide bonds. The lowest BCUT2D eigenvalue weighted by molar-refractivity contribution is 0.195. The second kappa shape index (κ2) is 6.00. The minimum Gasteiger partial charge on any atom is -0.376 e. The van der Waals surface area contributed by atoms with Crippen molar-refractivity contribution in [3.8, 4) is 6.07 Å². The van der Waals surface area contributed by atoms with E-state index in [9.17, 15) is 0 Å². The molecule has 1 heterocycles. The molecule has 1 aliphatic heterocycles. The molecule has 1 unspecified atom stereocenters. The van der Waals surface area contributed by atoms with E-state index in [1.54, 1.807) is 0 Å². The molecule has 0 aromatic heterocycles. The third kappa shape index (κ3) is 2.58. The maximum absolute atomic E-state index is 8.72. The number of benzene rings is 1. The van der Waals surface area contributed by atoms with Crippen LogP contribution in [0.4, 0.5) is 0 Å². The second-order valence-electron chi connectivity index (χ2n) is 4.12. The summed E-state index contributed by atoms with van der Waals surface area (Å²) in [4.78, 5) is 0. The van der Waals surface area contributed by atoms with Crippen molar-refractivity contribution < 1.29 is 4.74 Å². The van der Waals surface area contributed by atoms with Crippen molar-refractivity contribution in [1.29, 1.82) is 5.26 Å². The summed E-state index contributed by atoms with van der Waals surface area (Å²) in [6, 6.07) is 12.1. The Balaban J connectivity index is 2.49. The summed E-state index contributed by atoms with van der Waals surface area (Å²) in [5, 5.41) is 8.72. The average Bonchev–Trinajstić information content (AvgIpc) is 2.89. The molecule has 1 aromatic carbocycles. The lowest BCUT2D eigenvalue weighted by Crippen LogP contribution is -2.00. The molecule has 1 aliphatic rings. The summed E-state index contributed by atoms with van der Waals surface area (Å²) in [5.41, 5.74) is 3.37. The summed E-state index contributed by atoms with van der Waals surface area (Å²) < 4.78 is 5.50. The van der Waals surface area contributed by atoms with Crippen LogP contribution in [-0.2, 0) is 4.74 Å². The zero-order valence-corrected chi connectivity index (χ0v) is 10.2. The van der Waals surface area contributed by atoms with Gasteiger partial charge in [0.15, 0.2) is 0 Å². The van der Waals surface area contributed by atoms with Crippen LogP contribution in [0.2, 0.25) is 0 Å². The molecule has 90 valence electrons.